The molecular weight excluding hydrogens is 793 g/mol. The zero-order chi connectivity index (χ0) is 41.7. The summed E-state index contributed by atoms with van der Waals surface area (Å²) in [6, 6.07) is 23.7. The van der Waals surface area contributed by atoms with E-state index < -0.39 is 33.2 Å². The summed E-state index contributed by atoms with van der Waals surface area (Å²) in [6.45, 7) is 10.2. The number of anilines is 1. The van der Waals surface area contributed by atoms with Gasteiger partial charge in [-0.15, -0.1) is 0 Å². The lowest BCUT2D eigenvalue weighted by Gasteiger charge is -2.28. The lowest BCUT2D eigenvalue weighted by atomic mass is 9.81. The number of aromatic carboxylic acids is 1. The predicted octanol–water partition coefficient (Wildman–Crippen LogP) is 9.07. The normalized spacial score (nSPS) is 19.4. The van der Waals surface area contributed by atoms with E-state index in [0.29, 0.717) is 30.8 Å². The highest BCUT2D eigenvalue weighted by molar-refractivity contribution is 8.03. The minimum Gasteiger partial charge on any atom is -0.750 e. The zero-order valence-electron chi connectivity index (χ0n) is 33.4. The molecule has 1 aliphatic carbocycles. The monoisotopic (exact) mass is 843 g/mol. The Morgan fingerprint density at radius 2 is 1.62 bits per heavy atom. The average molecular weight is 844 g/mol. The summed E-state index contributed by atoms with van der Waals surface area (Å²) in [5.41, 5.74) is 8.51. The van der Waals surface area contributed by atoms with E-state index in [1.54, 1.807) is 12.1 Å². The summed E-state index contributed by atoms with van der Waals surface area (Å²) >= 11 is -1.06. The van der Waals surface area contributed by atoms with Crippen LogP contribution in [0.4, 0.5) is 11.4 Å². The molecule has 3 aromatic rings. The van der Waals surface area contributed by atoms with Crippen molar-refractivity contribution in [3.8, 4) is 0 Å². The summed E-state index contributed by atoms with van der Waals surface area (Å²) in [5, 5.41) is 10.2. The average Bonchev–Trinajstić information content (AvgIpc) is 3.53. The van der Waals surface area contributed by atoms with Crippen molar-refractivity contribution in [2.75, 3.05) is 30.3 Å². The van der Waals surface area contributed by atoms with E-state index in [9.17, 15) is 31.6 Å². The zero-order valence-corrected chi connectivity index (χ0v) is 35.9. The molecule has 0 spiro atoms. The van der Waals surface area contributed by atoms with Crippen molar-refractivity contribution < 1.29 is 40.4 Å². The number of hydrogen-bond donors (Lipinski definition) is 1. The SMILES string of the molecule is CC1(C)C(/C=C/C2=C(Sc3ccccc3C(=O)O)C(=C/C=C3/N(CCCCS(=O)(=O)[O-])c4ccccc4C3(C)C)/CCC2)=[N+](CCCCOS(=O)[O-])c2ccccc21. The topological polar surface area (TPSA) is 150 Å². The molecule has 0 saturated carbocycles. The van der Waals surface area contributed by atoms with Gasteiger partial charge < -0.3 is 23.3 Å². The summed E-state index contributed by atoms with van der Waals surface area (Å²) in [7, 11) is -4.30. The molecule has 10 nitrogen and oxygen atoms in total. The van der Waals surface area contributed by atoms with Crippen LogP contribution in [0.5, 0.6) is 0 Å². The summed E-state index contributed by atoms with van der Waals surface area (Å²) in [6.07, 6.45) is 13.3. The van der Waals surface area contributed by atoms with E-state index in [1.807, 2.05) is 30.3 Å². The molecule has 6 rings (SSSR count). The Kier molecular flexibility index (Phi) is 13.8. The molecule has 0 amide bonds. The molecule has 1 unspecified atom stereocenters. The number of nitrogens with zero attached hydrogens (tertiary/aromatic N) is 2. The summed E-state index contributed by atoms with van der Waals surface area (Å²) in [4.78, 5) is 16.3. The third kappa shape index (κ3) is 9.84. The van der Waals surface area contributed by atoms with E-state index in [2.05, 4.69) is 91.8 Å². The maximum atomic E-state index is 12.4. The largest absolute Gasteiger partial charge is 0.750 e. The van der Waals surface area contributed by atoms with Crippen LogP contribution in [-0.4, -0.2) is 68.5 Å². The molecule has 0 saturated heterocycles. The number of para-hydroxylation sites is 2. The fourth-order valence-electron chi connectivity index (χ4n) is 8.36. The maximum absolute atomic E-state index is 12.4. The van der Waals surface area contributed by atoms with Crippen LogP contribution < -0.4 is 4.90 Å². The summed E-state index contributed by atoms with van der Waals surface area (Å²) in [5.74, 6) is -1.38. The van der Waals surface area contributed by atoms with Crippen molar-refractivity contribution in [2.24, 2.45) is 0 Å². The maximum Gasteiger partial charge on any atom is 0.336 e. The van der Waals surface area contributed by atoms with Gasteiger partial charge in [0.1, 0.15) is 6.54 Å². The number of fused-ring (bicyclic) bond motifs is 2. The van der Waals surface area contributed by atoms with Gasteiger partial charge in [0.05, 0.1) is 39.1 Å². The van der Waals surface area contributed by atoms with Gasteiger partial charge in [0.2, 0.25) is 5.69 Å². The van der Waals surface area contributed by atoms with Crippen LogP contribution in [0, 0.1) is 0 Å². The minimum absolute atomic E-state index is 0.128. The fourth-order valence-corrected chi connectivity index (χ4v) is 10.4. The first-order chi connectivity index (χ1) is 27.6. The fraction of sp³-hybridized carbons (Fsp3) is 0.378. The molecule has 308 valence electrons. The Hall–Kier alpha value is -4.11. The van der Waals surface area contributed by atoms with Crippen LogP contribution in [0.3, 0.4) is 0 Å². The van der Waals surface area contributed by atoms with E-state index in [0.717, 1.165) is 64.5 Å². The second-order valence-electron chi connectivity index (χ2n) is 15.9. The van der Waals surface area contributed by atoms with Gasteiger partial charge in [0, 0.05) is 63.0 Å². The van der Waals surface area contributed by atoms with Crippen LogP contribution in [0.25, 0.3) is 0 Å². The van der Waals surface area contributed by atoms with Gasteiger partial charge >= 0.3 is 5.97 Å². The number of benzene rings is 3. The Morgan fingerprint density at radius 3 is 2.36 bits per heavy atom. The van der Waals surface area contributed by atoms with Gasteiger partial charge in [-0.25, -0.2) is 17.4 Å². The lowest BCUT2D eigenvalue weighted by molar-refractivity contribution is -0.438. The van der Waals surface area contributed by atoms with Crippen LogP contribution in [-0.2, 0) is 36.5 Å². The first-order valence-corrected chi connectivity index (χ1v) is 23.1. The molecule has 0 radical (unpaired) electrons. The quantitative estimate of drug-likeness (QED) is 0.0604. The molecule has 2 aliphatic heterocycles. The number of carboxylic acid groups (broad SMARTS) is 1. The third-order valence-corrected chi connectivity index (χ3v) is 13.7. The van der Waals surface area contributed by atoms with Gasteiger partial charge in [-0.3, -0.25) is 0 Å². The highest BCUT2D eigenvalue weighted by Crippen LogP contribution is 2.49. The highest BCUT2D eigenvalue weighted by atomic mass is 32.2. The van der Waals surface area contributed by atoms with Crippen LogP contribution in [0.2, 0.25) is 0 Å². The van der Waals surface area contributed by atoms with Crippen LogP contribution in [0.15, 0.2) is 124 Å². The van der Waals surface area contributed by atoms with Crippen LogP contribution >= 0.6 is 11.8 Å². The van der Waals surface area contributed by atoms with E-state index in [1.165, 1.54) is 22.9 Å². The first kappa shape index (κ1) is 43.5. The number of thioether (sulfide) groups is 1. The number of carbonyl (C=O) groups is 1. The number of unbranched alkanes of at least 4 members (excludes halogenated alkanes) is 2. The predicted molar refractivity (Wildman–Crippen MR) is 229 cm³/mol. The van der Waals surface area contributed by atoms with E-state index in [-0.39, 0.29) is 29.4 Å². The minimum atomic E-state index is -4.30. The molecular formula is C45H51N2O8S3-. The van der Waals surface area contributed by atoms with Gasteiger partial charge in [0.25, 0.3) is 0 Å². The number of carboxylic acids is 1. The van der Waals surface area contributed by atoms with E-state index >= 15 is 0 Å². The summed E-state index contributed by atoms with van der Waals surface area (Å²) < 4.78 is 63.0. The van der Waals surface area contributed by atoms with Crippen molar-refractivity contribution in [1.82, 2.24) is 0 Å². The second kappa shape index (κ2) is 18.4. The van der Waals surface area contributed by atoms with Gasteiger partial charge in [0.15, 0.2) is 5.71 Å². The molecule has 13 heteroatoms. The molecule has 3 aliphatic rings. The van der Waals surface area contributed by atoms with Crippen molar-refractivity contribution in [1.29, 1.82) is 0 Å². The number of hydrogen-bond acceptors (Lipinski definition) is 9. The molecule has 1 N–H and O–H groups in total. The molecule has 0 fully saturated rings. The molecule has 0 aromatic heterocycles. The Balaban J connectivity index is 1.42. The van der Waals surface area contributed by atoms with Crippen molar-refractivity contribution in [3.05, 3.63) is 136 Å². The van der Waals surface area contributed by atoms with E-state index in [4.69, 9.17) is 4.18 Å². The van der Waals surface area contributed by atoms with Gasteiger partial charge in [-0.1, -0.05) is 86.3 Å². The van der Waals surface area contributed by atoms with Crippen LogP contribution in [0.1, 0.15) is 94.1 Å². The highest BCUT2D eigenvalue weighted by Gasteiger charge is 2.44. The van der Waals surface area contributed by atoms with Crippen molar-refractivity contribution in [3.63, 3.8) is 0 Å². The Bertz CT molecular complexity index is 2340. The molecule has 0 bridgehead atoms. The Labute approximate surface area is 349 Å². The Morgan fingerprint density at radius 1 is 0.914 bits per heavy atom. The smallest absolute Gasteiger partial charge is 0.336 e. The number of rotatable bonds is 17. The van der Waals surface area contributed by atoms with Crippen molar-refractivity contribution >= 4 is 56.3 Å². The lowest BCUT2D eigenvalue weighted by Crippen LogP contribution is -2.28. The third-order valence-electron chi connectivity index (χ3n) is 11.3. The first-order valence-electron chi connectivity index (χ1n) is 19.7. The second-order valence-corrected chi connectivity index (χ2v) is 19.1. The van der Waals surface area contributed by atoms with Crippen molar-refractivity contribution in [2.45, 2.75) is 88.4 Å². The number of allylic oxidation sites excluding steroid dienone is 7. The van der Waals surface area contributed by atoms with Gasteiger partial charge in [-0.2, -0.15) is 4.58 Å². The molecule has 58 heavy (non-hydrogen) atoms. The molecule has 1 atom stereocenters. The molecule has 3 aromatic carbocycles. The standard InChI is InChI=1S/C45H52N2O8S3/c1-44(2)35-19-6-8-21-37(35)46(28-11-13-30-55-57(50)51)40(44)26-24-32-16-15-17-33(42(32)56-39-23-10-5-18-34(39)43(48)49)25-27-41-45(3,4)36-20-7-9-22-38(36)47(41)29-12-14-31-58(52,53)54/h5-10,18-27H,11-17,28-31H2,1-4H3,(H2-,48,49,50,51,52,53,54)/p-1. The molecule has 2 heterocycles. The van der Waals surface area contributed by atoms with Gasteiger partial charge in [-0.05, 0) is 93.4 Å².